The van der Waals surface area contributed by atoms with Crippen LogP contribution < -0.4 is 0 Å². The Morgan fingerprint density at radius 2 is 1.65 bits per heavy atom. The molecule has 0 spiro atoms. The zero-order chi connectivity index (χ0) is 17.4. The highest BCUT2D eigenvalue weighted by molar-refractivity contribution is 6.30. The first kappa shape index (κ1) is 17.7. The van der Waals surface area contributed by atoms with E-state index in [1.54, 1.807) is 6.92 Å². The molecule has 0 saturated carbocycles. The van der Waals surface area contributed by atoms with E-state index >= 15 is 0 Å². The molecule has 0 amide bonds. The second-order valence-corrected chi connectivity index (χ2v) is 7.78. The lowest BCUT2D eigenvalue weighted by molar-refractivity contribution is -0.117. The number of hydrogen-bond acceptors (Lipinski definition) is 2. The Morgan fingerprint density at radius 1 is 1.13 bits per heavy atom. The van der Waals surface area contributed by atoms with Crippen molar-refractivity contribution in [3.8, 4) is 0 Å². The second kappa shape index (κ2) is 6.43. The highest BCUT2D eigenvalue weighted by atomic mass is 16.1. The molecule has 124 valence electrons. The highest BCUT2D eigenvalue weighted by Gasteiger charge is 2.39. The monoisotopic (exact) mass is 312 g/mol. The molecule has 0 aromatic rings. The Labute approximate surface area is 140 Å². The summed E-state index contributed by atoms with van der Waals surface area (Å²) < 4.78 is 0. The van der Waals surface area contributed by atoms with Crippen LogP contribution >= 0.6 is 0 Å². The fraction of sp³-hybridized carbons (Fsp3) is 0.524. The van der Waals surface area contributed by atoms with Crippen molar-refractivity contribution < 1.29 is 9.59 Å². The third kappa shape index (κ3) is 3.46. The van der Waals surface area contributed by atoms with Crippen LogP contribution in [-0.4, -0.2) is 11.6 Å². The lowest BCUT2D eigenvalue weighted by Crippen LogP contribution is -2.31. The van der Waals surface area contributed by atoms with Gasteiger partial charge in [-0.2, -0.15) is 0 Å². The van der Waals surface area contributed by atoms with Crippen molar-refractivity contribution in [1.29, 1.82) is 0 Å². The molecule has 2 aliphatic carbocycles. The Morgan fingerprint density at radius 3 is 2.17 bits per heavy atom. The van der Waals surface area contributed by atoms with Crippen LogP contribution in [0.25, 0.3) is 0 Å². The summed E-state index contributed by atoms with van der Waals surface area (Å²) in [6, 6.07) is 0. The van der Waals surface area contributed by atoms with Gasteiger partial charge in [0.15, 0.2) is 11.6 Å². The molecule has 0 unspecified atom stereocenters. The van der Waals surface area contributed by atoms with Gasteiger partial charge in [0, 0.05) is 27.7 Å². The summed E-state index contributed by atoms with van der Waals surface area (Å²) in [5.74, 6) is 0.636. The summed E-state index contributed by atoms with van der Waals surface area (Å²) >= 11 is 0. The molecule has 23 heavy (non-hydrogen) atoms. The van der Waals surface area contributed by atoms with Gasteiger partial charge in [-0.15, -0.1) is 0 Å². The van der Waals surface area contributed by atoms with Crippen LogP contribution in [0.5, 0.6) is 0 Å². The third-order valence-electron chi connectivity index (χ3n) is 4.57. The van der Waals surface area contributed by atoms with Crippen molar-refractivity contribution >= 4 is 11.6 Å². The minimum absolute atomic E-state index is 0.0218. The molecule has 2 heteroatoms. The molecule has 0 saturated heterocycles. The van der Waals surface area contributed by atoms with E-state index in [9.17, 15) is 9.59 Å². The maximum absolute atomic E-state index is 13.0. The van der Waals surface area contributed by atoms with Crippen molar-refractivity contribution in [2.75, 3.05) is 0 Å². The van der Waals surface area contributed by atoms with Gasteiger partial charge in [-0.05, 0) is 39.0 Å². The van der Waals surface area contributed by atoms with Gasteiger partial charge in [0.25, 0.3) is 0 Å². The number of carbonyl (C=O) groups excluding carboxylic acids is 2. The van der Waals surface area contributed by atoms with Crippen LogP contribution in [0.15, 0.2) is 46.1 Å². The van der Waals surface area contributed by atoms with E-state index in [0.29, 0.717) is 28.2 Å². The molecule has 2 rings (SSSR count). The Balaban J connectivity index is 2.50. The van der Waals surface area contributed by atoms with Crippen LogP contribution in [0.4, 0.5) is 0 Å². The van der Waals surface area contributed by atoms with Gasteiger partial charge >= 0.3 is 0 Å². The first-order valence-electron chi connectivity index (χ1n) is 8.55. The summed E-state index contributed by atoms with van der Waals surface area (Å²) in [4.78, 5) is 25.7. The number of rotatable bonds is 4. The molecular weight excluding hydrogens is 284 g/mol. The number of hydrogen-bond donors (Lipinski definition) is 0. The lowest BCUT2D eigenvalue weighted by atomic mass is 9.69. The zero-order valence-electron chi connectivity index (χ0n) is 15.2. The smallest absolute Gasteiger partial charge is 0.190 e. The minimum Gasteiger partial charge on any atom is -0.289 e. The topological polar surface area (TPSA) is 34.1 Å². The first-order valence-corrected chi connectivity index (χ1v) is 8.55. The van der Waals surface area contributed by atoms with Gasteiger partial charge in [0.05, 0.1) is 0 Å². The largest absolute Gasteiger partial charge is 0.289 e. The van der Waals surface area contributed by atoms with E-state index in [4.69, 9.17) is 0 Å². The van der Waals surface area contributed by atoms with Gasteiger partial charge in [-0.3, -0.25) is 9.59 Å². The predicted octanol–water partition coefficient (Wildman–Crippen LogP) is 5.12. The number of carbonyl (C=O) groups is 2. The van der Waals surface area contributed by atoms with Crippen molar-refractivity contribution in [2.45, 2.75) is 60.8 Å². The van der Waals surface area contributed by atoms with E-state index < -0.39 is 5.41 Å². The maximum Gasteiger partial charge on any atom is 0.190 e. The van der Waals surface area contributed by atoms with E-state index in [1.807, 2.05) is 26.0 Å². The van der Waals surface area contributed by atoms with Gasteiger partial charge in [-0.25, -0.2) is 0 Å². The average molecular weight is 312 g/mol. The SMILES string of the molecule is CC1=C(C(C)(C)/C=C(\C)CC(C)C)C(=O)C2=CCCC=C2C1=O. The average Bonchev–Trinajstić information content (AvgIpc) is 2.43. The molecule has 0 radical (unpaired) electrons. The number of allylic oxidation sites excluding steroid dienone is 8. The molecule has 0 aromatic heterocycles. The van der Waals surface area contributed by atoms with Gasteiger partial charge in [0.2, 0.25) is 0 Å². The zero-order valence-corrected chi connectivity index (χ0v) is 15.2. The molecule has 0 bridgehead atoms. The van der Waals surface area contributed by atoms with Crippen molar-refractivity contribution in [3.05, 3.63) is 46.1 Å². The van der Waals surface area contributed by atoms with Crippen LogP contribution in [0.2, 0.25) is 0 Å². The summed E-state index contributed by atoms with van der Waals surface area (Å²) in [6.45, 7) is 12.4. The molecule has 0 aliphatic heterocycles. The molecule has 0 N–H and O–H groups in total. The Bertz CT molecular complexity index is 664. The molecule has 2 nitrogen and oxygen atoms in total. The molecular formula is C21H28O2. The first-order chi connectivity index (χ1) is 10.6. The summed E-state index contributed by atoms with van der Waals surface area (Å²) in [5, 5.41) is 0. The fourth-order valence-corrected chi connectivity index (χ4v) is 3.89. The van der Waals surface area contributed by atoms with Crippen LogP contribution in [0.3, 0.4) is 0 Å². The summed E-state index contributed by atoms with van der Waals surface area (Å²) in [5.41, 5.74) is 3.34. The number of Topliss-reactive ketones (excluding diaryl/α,β-unsaturated/α-hetero) is 2. The molecule has 0 atom stereocenters. The molecule has 0 fully saturated rings. The van der Waals surface area contributed by atoms with Crippen LogP contribution in [0, 0.1) is 11.3 Å². The normalized spacial score (nSPS) is 19.9. The molecule has 0 aromatic carbocycles. The van der Waals surface area contributed by atoms with Crippen molar-refractivity contribution in [1.82, 2.24) is 0 Å². The lowest BCUT2D eigenvalue weighted by Gasteiger charge is -2.32. The summed E-state index contributed by atoms with van der Waals surface area (Å²) in [6.07, 6.45) is 8.70. The quantitative estimate of drug-likeness (QED) is 0.675. The maximum atomic E-state index is 13.0. The van der Waals surface area contributed by atoms with E-state index in [0.717, 1.165) is 19.3 Å². The highest BCUT2D eigenvalue weighted by Crippen LogP contribution is 2.41. The Hall–Kier alpha value is -1.70. The minimum atomic E-state index is -0.431. The van der Waals surface area contributed by atoms with Gasteiger partial charge in [0.1, 0.15) is 0 Å². The number of fused-ring (bicyclic) bond motifs is 1. The van der Waals surface area contributed by atoms with E-state index in [-0.39, 0.29) is 11.6 Å². The van der Waals surface area contributed by atoms with E-state index in [1.165, 1.54) is 5.57 Å². The fourth-order valence-electron chi connectivity index (χ4n) is 3.89. The van der Waals surface area contributed by atoms with Crippen LogP contribution in [-0.2, 0) is 9.59 Å². The van der Waals surface area contributed by atoms with Crippen molar-refractivity contribution in [3.63, 3.8) is 0 Å². The van der Waals surface area contributed by atoms with Gasteiger partial charge < -0.3 is 0 Å². The molecule has 0 heterocycles. The van der Waals surface area contributed by atoms with Gasteiger partial charge in [-0.1, -0.05) is 51.5 Å². The standard InChI is InChI=1S/C21H28O2/c1-13(2)11-14(3)12-21(5,6)18-15(4)19(22)16-9-7-8-10-17(16)20(18)23/h9-10,12-13H,7-8,11H2,1-6H3/b14-12+. The van der Waals surface area contributed by atoms with Crippen LogP contribution in [0.1, 0.15) is 60.8 Å². The predicted molar refractivity (Wildman–Crippen MR) is 95.1 cm³/mol. The molecule has 2 aliphatic rings. The van der Waals surface area contributed by atoms with Crippen molar-refractivity contribution in [2.24, 2.45) is 11.3 Å². The second-order valence-electron chi connectivity index (χ2n) is 7.78. The number of ketones is 2. The van der Waals surface area contributed by atoms with E-state index in [2.05, 4.69) is 26.8 Å². The third-order valence-corrected chi connectivity index (χ3v) is 4.57. The summed E-state index contributed by atoms with van der Waals surface area (Å²) in [7, 11) is 0. The Kier molecular flexibility index (Phi) is 4.93.